The van der Waals surface area contributed by atoms with Gasteiger partial charge in [0.15, 0.2) is 6.23 Å². The van der Waals surface area contributed by atoms with Gasteiger partial charge in [0.2, 0.25) is 0 Å². The molecule has 1 aromatic carbocycles. The highest BCUT2D eigenvalue weighted by Crippen LogP contribution is 2.44. The molecular formula is C17H15NO5. The van der Waals surface area contributed by atoms with Gasteiger partial charge in [-0.05, 0) is 19.9 Å². The number of rotatable bonds is 2. The number of esters is 1. The molecule has 23 heavy (non-hydrogen) atoms. The molecule has 0 aromatic heterocycles. The van der Waals surface area contributed by atoms with Crippen LogP contribution in [0.2, 0.25) is 0 Å². The molecule has 1 aromatic rings. The van der Waals surface area contributed by atoms with Crippen molar-refractivity contribution < 1.29 is 23.8 Å². The van der Waals surface area contributed by atoms with Crippen LogP contribution in [0.4, 0.5) is 0 Å². The number of ether oxygens (including phenoxy) is 3. The lowest BCUT2D eigenvalue weighted by Gasteiger charge is -2.12. The zero-order valence-corrected chi connectivity index (χ0v) is 12.7. The minimum absolute atomic E-state index is 0.221. The summed E-state index contributed by atoms with van der Waals surface area (Å²) in [6.07, 6.45) is 0.185. The maximum atomic E-state index is 12.2. The second-order valence-electron chi connectivity index (χ2n) is 5.78. The summed E-state index contributed by atoms with van der Waals surface area (Å²) in [5.41, 5.74) is 2.66. The van der Waals surface area contributed by atoms with Crippen LogP contribution in [0.5, 0.6) is 5.75 Å². The molecule has 3 aliphatic heterocycles. The highest BCUT2D eigenvalue weighted by atomic mass is 16.7. The van der Waals surface area contributed by atoms with Gasteiger partial charge in [0.25, 0.3) is 12.2 Å². The van der Waals surface area contributed by atoms with Crippen molar-refractivity contribution in [3.05, 3.63) is 52.8 Å². The fourth-order valence-corrected chi connectivity index (χ4v) is 3.01. The largest absolute Gasteiger partial charge is 0.469 e. The molecule has 1 amide bonds. The van der Waals surface area contributed by atoms with Crippen molar-refractivity contribution >= 4 is 11.9 Å². The Bertz CT molecular complexity index is 779. The van der Waals surface area contributed by atoms with E-state index in [0.717, 1.165) is 11.3 Å². The Hall–Kier alpha value is -2.76. The quantitative estimate of drug-likeness (QED) is 0.511. The van der Waals surface area contributed by atoms with E-state index < -0.39 is 18.5 Å². The molecule has 0 radical (unpaired) electrons. The van der Waals surface area contributed by atoms with Gasteiger partial charge >= 0.3 is 5.97 Å². The van der Waals surface area contributed by atoms with E-state index >= 15 is 0 Å². The number of carbonyl (C=O) groups is 2. The van der Waals surface area contributed by atoms with E-state index in [0.29, 0.717) is 16.7 Å². The van der Waals surface area contributed by atoms with Crippen LogP contribution in [-0.4, -0.2) is 24.4 Å². The molecule has 118 valence electrons. The third-order valence-corrected chi connectivity index (χ3v) is 4.47. The van der Waals surface area contributed by atoms with Crippen molar-refractivity contribution in [1.82, 2.24) is 5.32 Å². The highest BCUT2D eigenvalue weighted by molar-refractivity contribution is 5.98. The van der Waals surface area contributed by atoms with E-state index in [9.17, 15) is 9.59 Å². The maximum absolute atomic E-state index is 12.2. The van der Waals surface area contributed by atoms with Gasteiger partial charge in [-0.25, -0.2) is 4.79 Å². The van der Waals surface area contributed by atoms with Crippen LogP contribution in [0.3, 0.4) is 0 Å². The lowest BCUT2D eigenvalue weighted by molar-refractivity contribution is -0.153. The normalized spacial score (nSPS) is 30.0. The van der Waals surface area contributed by atoms with Crippen molar-refractivity contribution in [2.45, 2.75) is 32.3 Å². The lowest BCUT2D eigenvalue weighted by atomic mass is 9.94. The Balaban J connectivity index is 1.61. The van der Waals surface area contributed by atoms with Crippen LogP contribution in [0, 0.1) is 0 Å². The summed E-state index contributed by atoms with van der Waals surface area (Å²) in [6.45, 7) is 3.46. The summed E-state index contributed by atoms with van der Waals surface area (Å²) in [5.74, 6) is -0.0971. The number of cyclic esters (lactones) is 1. The molecule has 0 aliphatic carbocycles. The van der Waals surface area contributed by atoms with Gasteiger partial charge in [0, 0.05) is 16.7 Å². The van der Waals surface area contributed by atoms with Gasteiger partial charge in [0.1, 0.15) is 5.75 Å². The van der Waals surface area contributed by atoms with Crippen LogP contribution in [0.1, 0.15) is 25.3 Å². The second-order valence-corrected chi connectivity index (χ2v) is 5.78. The zero-order valence-electron chi connectivity index (χ0n) is 12.7. The van der Waals surface area contributed by atoms with E-state index in [2.05, 4.69) is 5.32 Å². The molecule has 1 fully saturated rings. The van der Waals surface area contributed by atoms with Crippen LogP contribution >= 0.6 is 0 Å². The van der Waals surface area contributed by atoms with Crippen molar-refractivity contribution in [2.24, 2.45) is 0 Å². The molecule has 0 saturated carbocycles. The van der Waals surface area contributed by atoms with Crippen molar-refractivity contribution in [3.63, 3.8) is 0 Å². The van der Waals surface area contributed by atoms with Crippen LogP contribution in [0.25, 0.3) is 0 Å². The molecule has 6 heteroatoms. The van der Waals surface area contributed by atoms with Crippen LogP contribution < -0.4 is 10.1 Å². The van der Waals surface area contributed by atoms with Crippen LogP contribution in [-0.2, 0) is 19.1 Å². The number of hydrogen-bond donors (Lipinski definition) is 1. The van der Waals surface area contributed by atoms with Gasteiger partial charge < -0.3 is 19.5 Å². The van der Waals surface area contributed by atoms with E-state index in [-0.39, 0.29) is 11.8 Å². The third kappa shape index (κ3) is 2.02. The Morgan fingerprint density at radius 2 is 1.96 bits per heavy atom. The standard InChI is InChI=1S/C17H15NO5/c1-8-9(2)17(23-16(8)20)21-7-11-13-10-5-3-4-6-12(10)22-15(13)18-14(11)19/h3-7,13,15,17H,1-2H3,(H,18,19)/b11-7+. The first-order chi connectivity index (χ1) is 11.1. The molecule has 3 atom stereocenters. The number of nitrogens with one attached hydrogen (secondary N) is 1. The Labute approximate surface area is 132 Å². The Morgan fingerprint density at radius 3 is 2.70 bits per heavy atom. The first-order valence-corrected chi connectivity index (χ1v) is 7.36. The number of carbonyl (C=O) groups excluding carboxylic acids is 2. The van der Waals surface area contributed by atoms with Gasteiger partial charge in [-0.1, -0.05) is 18.2 Å². The monoisotopic (exact) mass is 313 g/mol. The van der Waals surface area contributed by atoms with Crippen molar-refractivity contribution in [3.8, 4) is 5.75 Å². The molecule has 4 rings (SSSR count). The minimum atomic E-state index is -0.778. The molecule has 3 unspecified atom stereocenters. The summed E-state index contributed by atoms with van der Waals surface area (Å²) in [4.78, 5) is 23.7. The molecule has 6 nitrogen and oxygen atoms in total. The molecule has 3 heterocycles. The summed E-state index contributed by atoms with van der Waals surface area (Å²) < 4.78 is 16.4. The second kappa shape index (κ2) is 4.87. The van der Waals surface area contributed by atoms with Gasteiger partial charge in [-0.2, -0.15) is 0 Å². The molecule has 1 N–H and O–H groups in total. The number of hydrogen-bond acceptors (Lipinski definition) is 5. The van der Waals surface area contributed by atoms with Gasteiger partial charge in [0.05, 0.1) is 17.8 Å². The number of para-hydroxylation sites is 1. The number of fused-ring (bicyclic) bond motifs is 3. The van der Waals surface area contributed by atoms with E-state index in [1.165, 1.54) is 6.26 Å². The highest BCUT2D eigenvalue weighted by Gasteiger charge is 2.46. The SMILES string of the molecule is CC1=C(C)C(O/C=C2/C(=O)NC3Oc4ccccc4C23)OC1=O. The Morgan fingerprint density at radius 1 is 1.17 bits per heavy atom. The summed E-state index contributed by atoms with van der Waals surface area (Å²) in [6, 6.07) is 7.59. The fraction of sp³-hybridized carbons (Fsp3) is 0.294. The van der Waals surface area contributed by atoms with E-state index in [1.807, 2.05) is 24.3 Å². The number of amides is 1. The zero-order chi connectivity index (χ0) is 16.1. The summed E-state index contributed by atoms with van der Waals surface area (Å²) >= 11 is 0. The molecule has 3 aliphatic rings. The van der Waals surface area contributed by atoms with Gasteiger partial charge in [-0.15, -0.1) is 0 Å². The maximum Gasteiger partial charge on any atom is 0.337 e. The molecule has 0 spiro atoms. The van der Waals surface area contributed by atoms with Gasteiger partial charge in [-0.3, -0.25) is 4.79 Å². The van der Waals surface area contributed by atoms with E-state index in [4.69, 9.17) is 14.2 Å². The predicted octanol–water partition coefficient (Wildman–Crippen LogP) is 1.74. The fourth-order valence-electron chi connectivity index (χ4n) is 3.01. The topological polar surface area (TPSA) is 73.9 Å². The first kappa shape index (κ1) is 13.9. The minimum Gasteiger partial charge on any atom is -0.469 e. The Kier molecular flexibility index (Phi) is 2.94. The smallest absolute Gasteiger partial charge is 0.337 e. The lowest BCUT2D eigenvalue weighted by Crippen LogP contribution is -2.30. The van der Waals surface area contributed by atoms with Crippen molar-refractivity contribution in [2.75, 3.05) is 0 Å². The summed E-state index contributed by atoms with van der Waals surface area (Å²) in [5, 5.41) is 2.79. The summed E-state index contributed by atoms with van der Waals surface area (Å²) in [7, 11) is 0. The number of benzene rings is 1. The third-order valence-electron chi connectivity index (χ3n) is 4.47. The molecule has 0 bridgehead atoms. The van der Waals surface area contributed by atoms with Crippen molar-refractivity contribution in [1.29, 1.82) is 0 Å². The average Bonchev–Trinajstić information content (AvgIpc) is 3.12. The first-order valence-electron chi connectivity index (χ1n) is 7.36. The predicted molar refractivity (Wildman–Crippen MR) is 79.2 cm³/mol. The molecular weight excluding hydrogens is 298 g/mol. The molecule has 1 saturated heterocycles. The van der Waals surface area contributed by atoms with Crippen LogP contribution in [0.15, 0.2) is 47.2 Å². The average molecular weight is 313 g/mol. The van der Waals surface area contributed by atoms with E-state index in [1.54, 1.807) is 13.8 Å².